The van der Waals surface area contributed by atoms with Crippen molar-refractivity contribution in [1.29, 1.82) is 0 Å². The molecule has 2 unspecified atom stereocenters. The zero-order chi connectivity index (χ0) is 14.0. The SMILES string of the molecule is C=CCN(C(=O)N1CCC(C(=O)O)CC1C)C1CC1. The summed E-state index contributed by atoms with van der Waals surface area (Å²) in [6, 6.07) is 0.391. The molecule has 1 aliphatic carbocycles. The third kappa shape index (κ3) is 3.08. The van der Waals surface area contributed by atoms with E-state index in [-0.39, 0.29) is 18.0 Å². The van der Waals surface area contributed by atoms with Gasteiger partial charge in [-0.2, -0.15) is 0 Å². The number of likely N-dealkylation sites (tertiary alicyclic amines) is 1. The van der Waals surface area contributed by atoms with Gasteiger partial charge in [-0.05, 0) is 32.6 Å². The first-order valence-corrected chi connectivity index (χ1v) is 6.95. The molecule has 2 amide bonds. The molecule has 1 saturated heterocycles. The van der Waals surface area contributed by atoms with Gasteiger partial charge >= 0.3 is 12.0 Å². The predicted molar refractivity (Wildman–Crippen MR) is 71.8 cm³/mol. The minimum absolute atomic E-state index is 0.00610. The maximum absolute atomic E-state index is 12.5. The molecular weight excluding hydrogens is 244 g/mol. The van der Waals surface area contributed by atoms with Crippen molar-refractivity contribution in [1.82, 2.24) is 9.80 Å². The van der Waals surface area contributed by atoms with Crippen LogP contribution in [0.5, 0.6) is 0 Å². The van der Waals surface area contributed by atoms with Crippen LogP contribution in [-0.4, -0.2) is 52.1 Å². The highest BCUT2D eigenvalue weighted by atomic mass is 16.4. The van der Waals surface area contributed by atoms with Gasteiger partial charge in [-0.3, -0.25) is 4.79 Å². The van der Waals surface area contributed by atoms with E-state index in [0.717, 1.165) is 12.8 Å². The second kappa shape index (κ2) is 5.63. The number of rotatable bonds is 4. The second-order valence-corrected chi connectivity index (χ2v) is 5.56. The van der Waals surface area contributed by atoms with Gasteiger partial charge in [0.1, 0.15) is 0 Å². The Morgan fingerprint density at radius 2 is 2.11 bits per heavy atom. The summed E-state index contributed by atoms with van der Waals surface area (Å²) in [5.41, 5.74) is 0. The van der Waals surface area contributed by atoms with E-state index in [2.05, 4.69) is 6.58 Å². The van der Waals surface area contributed by atoms with Crippen LogP contribution in [0.3, 0.4) is 0 Å². The van der Waals surface area contributed by atoms with E-state index >= 15 is 0 Å². The molecule has 5 heteroatoms. The Balaban J connectivity index is 1.99. The Morgan fingerprint density at radius 3 is 2.58 bits per heavy atom. The van der Waals surface area contributed by atoms with Crippen LogP contribution in [0, 0.1) is 5.92 Å². The lowest BCUT2D eigenvalue weighted by Gasteiger charge is -2.39. The lowest BCUT2D eigenvalue weighted by molar-refractivity contribution is -0.143. The number of carbonyl (C=O) groups is 2. The molecule has 1 N–H and O–H groups in total. The smallest absolute Gasteiger partial charge is 0.320 e. The molecule has 2 rings (SSSR count). The largest absolute Gasteiger partial charge is 0.481 e. The summed E-state index contributed by atoms with van der Waals surface area (Å²) in [6.07, 6.45) is 5.00. The van der Waals surface area contributed by atoms with Gasteiger partial charge in [0, 0.05) is 25.2 Å². The van der Waals surface area contributed by atoms with Crippen LogP contribution in [0.4, 0.5) is 4.79 Å². The fraction of sp³-hybridized carbons (Fsp3) is 0.714. The van der Waals surface area contributed by atoms with E-state index in [1.54, 1.807) is 6.08 Å². The van der Waals surface area contributed by atoms with Crippen LogP contribution >= 0.6 is 0 Å². The number of nitrogens with zero attached hydrogens (tertiary/aromatic N) is 2. The zero-order valence-electron chi connectivity index (χ0n) is 11.4. The Labute approximate surface area is 113 Å². The van der Waals surface area contributed by atoms with E-state index in [1.165, 1.54) is 0 Å². The van der Waals surface area contributed by atoms with Crippen molar-refractivity contribution >= 4 is 12.0 Å². The van der Waals surface area contributed by atoms with Crippen molar-refractivity contribution < 1.29 is 14.7 Å². The molecular formula is C14H22N2O3. The molecule has 0 spiro atoms. The zero-order valence-corrected chi connectivity index (χ0v) is 11.4. The van der Waals surface area contributed by atoms with Crippen molar-refractivity contribution in [2.24, 2.45) is 5.92 Å². The van der Waals surface area contributed by atoms with Gasteiger partial charge in [0.05, 0.1) is 5.92 Å². The summed E-state index contributed by atoms with van der Waals surface area (Å²) in [7, 11) is 0. The number of carboxylic acids is 1. The Morgan fingerprint density at radius 1 is 1.42 bits per heavy atom. The van der Waals surface area contributed by atoms with E-state index in [4.69, 9.17) is 5.11 Å². The van der Waals surface area contributed by atoms with Gasteiger partial charge in [0.25, 0.3) is 0 Å². The summed E-state index contributed by atoms with van der Waals surface area (Å²) in [5.74, 6) is -1.06. The molecule has 0 aromatic heterocycles. The topological polar surface area (TPSA) is 60.9 Å². The summed E-state index contributed by atoms with van der Waals surface area (Å²) in [6.45, 7) is 6.76. The van der Waals surface area contributed by atoms with Crippen LogP contribution in [0.25, 0.3) is 0 Å². The Bertz CT molecular complexity index is 379. The average Bonchev–Trinajstić information content (AvgIpc) is 3.19. The van der Waals surface area contributed by atoms with Crippen LogP contribution in [0.2, 0.25) is 0 Å². The molecule has 5 nitrogen and oxygen atoms in total. The van der Waals surface area contributed by atoms with Gasteiger partial charge in [-0.15, -0.1) is 6.58 Å². The number of carbonyl (C=O) groups excluding carboxylic acids is 1. The molecule has 1 saturated carbocycles. The summed E-state index contributed by atoms with van der Waals surface area (Å²) in [4.78, 5) is 27.2. The normalized spacial score (nSPS) is 26.9. The molecule has 1 aliphatic heterocycles. The number of aliphatic carboxylic acids is 1. The number of piperidine rings is 1. The molecule has 2 aliphatic rings. The highest BCUT2D eigenvalue weighted by Gasteiger charge is 2.38. The van der Waals surface area contributed by atoms with E-state index in [1.807, 2.05) is 16.7 Å². The standard InChI is InChI=1S/C14H22N2O3/c1-3-7-16(12-4-5-12)14(19)15-8-6-11(13(17)18)9-10(15)2/h3,10-12H,1,4-9H2,2H3,(H,17,18). The van der Waals surface area contributed by atoms with Crippen molar-refractivity contribution in [2.75, 3.05) is 13.1 Å². The molecule has 2 fully saturated rings. The average molecular weight is 266 g/mol. The third-order valence-electron chi connectivity index (χ3n) is 4.03. The lowest BCUT2D eigenvalue weighted by Crippen LogP contribution is -2.52. The van der Waals surface area contributed by atoms with Gasteiger partial charge in [0.15, 0.2) is 0 Å². The minimum atomic E-state index is -0.746. The second-order valence-electron chi connectivity index (χ2n) is 5.56. The monoisotopic (exact) mass is 266 g/mol. The highest BCUT2D eigenvalue weighted by Crippen LogP contribution is 2.30. The maximum Gasteiger partial charge on any atom is 0.320 e. The molecule has 19 heavy (non-hydrogen) atoms. The molecule has 106 valence electrons. The quantitative estimate of drug-likeness (QED) is 0.791. The molecule has 1 heterocycles. The highest BCUT2D eigenvalue weighted by molar-refractivity contribution is 5.76. The summed E-state index contributed by atoms with van der Waals surface area (Å²) in [5, 5.41) is 9.05. The molecule has 0 radical (unpaired) electrons. The number of hydrogen-bond donors (Lipinski definition) is 1. The molecule has 2 atom stereocenters. The van der Waals surface area contributed by atoms with E-state index in [0.29, 0.717) is 32.0 Å². The Hall–Kier alpha value is -1.52. The minimum Gasteiger partial charge on any atom is -0.481 e. The third-order valence-corrected chi connectivity index (χ3v) is 4.03. The van der Waals surface area contributed by atoms with Gasteiger partial charge in [-0.25, -0.2) is 4.79 Å². The van der Waals surface area contributed by atoms with Crippen LogP contribution in [0.15, 0.2) is 12.7 Å². The van der Waals surface area contributed by atoms with Gasteiger partial charge < -0.3 is 14.9 Å². The fourth-order valence-corrected chi connectivity index (χ4v) is 2.75. The predicted octanol–water partition coefficient (Wildman–Crippen LogP) is 1.94. The molecule has 0 bridgehead atoms. The maximum atomic E-state index is 12.5. The lowest BCUT2D eigenvalue weighted by atomic mass is 9.92. The van der Waals surface area contributed by atoms with Crippen molar-refractivity contribution in [2.45, 2.75) is 44.7 Å². The van der Waals surface area contributed by atoms with Crippen LogP contribution in [0.1, 0.15) is 32.6 Å². The number of carboxylic acid groups (broad SMARTS) is 1. The van der Waals surface area contributed by atoms with Crippen LogP contribution < -0.4 is 0 Å². The first kappa shape index (κ1) is 13.9. The first-order chi connectivity index (χ1) is 9.04. The number of hydrogen-bond acceptors (Lipinski definition) is 2. The molecule has 0 aromatic carbocycles. The Kier molecular flexibility index (Phi) is 4.12. The van der Waals surface area contributed by atoms with E-state index < -0.39 is 5.97 Å². The van der Waals surface area contributed by atoms with Crippen LogP contribution in [-0.2, 0) is 4.79 Å². The molecule has 0 aromatic rings. The first-order valence-electron chi connectivity index (χ1n) is 6.95. The van der Waals surface area contributed by atoms with Gasteiger partial charge in [-0.1, -0.05) is 6.08 Å². The van der Waals surface area contributed by atoms with E-state index in [9.17, 15) is 9.59 Å². The van der Waals surface area contributed by atoms with Crippen molar-refractivity contribution in [3.05, 3.63) is 12.7 Å². The fourth-order valence-electron chi connectivity index (χ4n) is 2.75. The summed E-state index contributed by atoms with van der Waals surface area (Å²) >= 11 is 0. The number of amides is 2. The summed E-state index contributed by atoms with van der Waals surface area (Å²) < 4.78 is 0. The van der Waals surface area contributed by atoms with Crippen molar-refractivity contribution in [3.8, 4) is 0 Å². The number of urea groups is 1. The van der Waals surface area contributed by atoms with Gasteiger partial charge in [0.2, 0.25) is 0 Å². The van der Waals surface area contributed by atoms with Crippen molar-refractivity contribution in [3.63, 3.8) is 0 Å².